The van der Waals surface area contributed by atoms with Gasteiger partial charge in [-0.15, -0.1) is 0 Å². The van der Waals surface area contributed by atoms with Crippen LogP contribution in [0.25, 0.3) is 10.9 Å². The first kappa shape index (κ1) is 26.7. The molecular formula is C35H37F2N3O. The van der Waals surface area contributed by atoms with Crippen LogP contribution in [0.3, 0.4) is 0 Å². The summed E-state index contributed by atoms with van der Waals surface area (Å²) in [5, 5.41) is 12.1. The summed E-state index contributed by atoms with van der Waals surface area (Å²) in [4.78, 5) is 9.17. The molecule has 2 unspecified atom stereocenters. The number of benzene rings is 3. The fraction of sp³-hybridized carbons (Fsp3) is 0.400. The number of aromatic nitrogens is 1. The van der Waals surface area contributed by atoms with Gasteiger partial charge in [-0.3, -0.25) is 14.8 Å². The van der Waals surface area contributed by atoms with Crippen LogP contribution in [0.1, 0.15) is 76.9 Å². The minimum atomic E-state index is -1.66. The maximum Gasteiger partial charge on any atom is 0.161 e. The standard InChI is InChI=1S/C35H37F2N3O/c36-33-28-7-1-2-8-29(28)35(30-10-4-9-27(24-13-14-24)32(30)34(33)37)40-20-18-39(19-21-40)22-25(41)16-15-23-6-3-12-31-26(23)11-5-17-38-31/h1-12,17,24-25,33-35,41H,13-16,18-22H2/t25?,33-,34+,35?/m0/s1. The second-order valence-electron chi connectivity index (χ2n) is 12.0. The molecule has 0 spiro atoms. The highest BCUT2D eigenvalue weighted by molar-refractivity contribution is 5.81. The van der Waals surface area contributed by atoms with Crippen molar-refractivity contribution >= 4 is 10.9 Å². The number of piperazine rings is 1. The number of rotatable bonds is 7. The van der Waals surface area contributed by atoms with Crippen LogP contribution in [0.4, 0.5) is 8.78 Å². The Morgan fingerprint density at radius 3 is 2.32 bits per heavy atom. The van der Waals surface area contributed by atoms with E-state index in [0.717, 1.165) is 73.0 Å². The molecule has 2 fully saturated rings. The maximum atomic E-state index is 16.0. The van der Waals surface area contributed by atoms with E-state index in [2.05, 4.69) is 26.9 Å². The lowest BCUT2D eigenvalue weighted by atomic mass is 9.89. The molecule has 3 aromatic carbocycles. The molecule has 41 heavy (non-hydrogen) atoms. The highest BCUT2D eigenvalue weighted by atomic mass is 19.2. The van der Waals surface area contributed by atoms with Gasteiger partial charge in [0, 0.05) is 44.3 Å². The average Bonchev–Trinajstić information content (AvgIpc) is 3.86. The van der Waals surface area contributed by atoms with Gasteiger partial charge in [-0.05, 0) is 77.1 Å². The van der Waals surface area contributed by atoms with Crippen molar-refractivity contribution in [3.8, 4) is 0 Å². The van der Waals surface area contributed by atoms with Crippen LogP contribution < -0.4 is 0 Å². The van der Waals surface area contributed by atoms with Gasteiger partial charge in [0.05, 0.1) is 17.7 Å². The molecule has 4 atom stereocenters. The van der Waals surface area contributed by atoms with Gasteiger partial charge in [-0.25, -0.2) is 8.78 Å². The summed E-state index contributed by atoms with van der Waals surface area (Å²) in [6.07, 6.45) is 1.67. The normalized spacial score (nSPS) is 24.0. The zero-order valence-electron chi connectivity index (χ0n) is 23.3. The van der Waals surface area contributed by atoms with Crippen molar-refractivity contribution in [2.75, 3.05) is 32.7 Å². The van der Waals surface area contributed by atoms with E-state index in [-0.39, 0.29) is 6.04 Å². The van der Waals surface area contributed by atoms with Crippen LogP contribution in [0.2, 0.25) is 0 Å². The Morgan fingerprint density at radius 1 is 0.780 bits per heavy atom. The lowest BCUT2D eigenvalue weighted by Crippen LogP contribution is -2.49. The molecule has 0 radical (unpaired) electrons. The number of aliphatic hydroxyl groups is 1. The zero-order valence-corrected chi connectivity index (χ0v) is 23.3. The maximum absolute atomic E-state index is 16.0. The third kappa shape index (κ3) is 5.18. The van der Waals surface area contributed by atoms with E-state index < -0.39 is 18.4 Å². The number of pyridine rings is 1. The minimum absolute atomic E-state index is 0.175. The molecule has 2 aliphatic carbocycles. The Kier molecular flexibility index (Phi) is 7.32. The highest BCUT2D eigenvalue weighted by Gasteiger charge is 2.42. The second kappa shape index (κ2) is 11.2. The molecule has 3 aliphatic rings. The smallest absolute Gasteiger partial charge is 0.161 e. The van der Waals surface area contributed by atoms with E-state index >= 15 is 8.78 Å². The summed E-state index contributed by atoms with van der Waals surface area (Å²) in [5.41, 5.74) is 6.07. The number of alkyl halides is 2. The molecule has 2 heterocycles. The Balaban J connectivity index is 1.06. The lowest BCUT2D eigenvalue weighted by Gasteiger charge is -2.41. The first-order valence-corrected chi connectivity index (χ1v) is 15.0. The summed E-state index contributed by atoms with van der Waals surface area (Å²) in [6, 6.07) is 23.6. The van der Waals surface area contributed by atoms with Crippen molar-refractivity contribution in [2.24, 2.45) is 0 Å². The van der Waals surface area contributed by atoms with Gasteiger partial charge >= 0.3 is 0 Å². The molecular weight excluding hydrogens is 516 g/mol. The molecule has 1 saturated heterocycles. The molecule has 6 heteroatoms. The summed E-state index contributed by atoms with van der Waals surface area (Å²) in [5.74, 6) is 0.348. The molecule has 212 valence electrons. The van der Waals surface area contributed by atoms with Gasteiger partial charge in [0.15, 0.2) is 12.3 Å². The predicted octanol–water partition coefficient (Wildman–Crippen LogP) is 6.85. The monoisotopic (exact) mass is 553 g/mol. The van der Waals surface area contributed by atoms with Crippen LogP contribution >= 0.6 is 0 Å². The Labute approximate surface area is 240 Å². The molecule has 4 aromatic rings. The number of β-amino-alcohol motifs (C(OH)–C–C–N with tert-alkyl or cyclic N) is 1. The number of aryl methyl sites for hydroxylation is 1. The van der Waals surface area contributed by atoms with E-state index in [1.54, 1.807) is 6.07 Å². The second-order valence-corrected chi connectivity index (χ2v) is 12.0. The third-order valence-corrected chi connectivity index (χ3v) is 9.33. The molecule has 7 rings (SSSR count). The Morgan fingerprint density at radius 2 is 1.51 bits per heavy atom. The predicted molar refractivity (Wildman–Crippen MR) is 158 cm³/mol. The minimum Gasteiger partial charge on any atom is -0.392 e. The van der Waals surface area contributed by atoms with Crippen LogP contribution in [0.5, 0.6) is 0 Å². The van der Waals surface area contributed by atoms with E-state index in [9.17, 15) is 5.11 Å². The van der Waals surface area contributed by atoms with Gasteiger partial charge in [0.2, 0.25) is 0 Å². The summed E-state index contributed by atoms with van der Waals surface area (Å²) < 4.78 is 31.7. The van der Waals surface area contributed by atoms with E-state index in [4.69, 9.17) is 0 Å². The Hall–Kier alpha value is -3.19. The summed E-state index contributed by atoms with van der Waals surface area (Å²) in [7, 11) is 0. The van der Waals surface area contributed by atoms with Crippen molar-refractivity contribution in [3.05, 3.63) is 112 Å². The van der Waals surface area contributed by atoms with E-state index in [1.165, 1.54) is 5.56 Å². The number of fused-ring (bicyclic) bond motifs is 3. The van der Waals surface area contributed by atoms with E-state index in [0.29, 0.717) is 30.0 Å². The SMILES string of the molecule is OC(CCc1cccc2ncccc12)CN1CCN(C2c3ccccc3[C@H](F)[C@H](F)c3c(C4CC4)cccc32)CC1. The quantitative estimate of drug-likeness (QED) is 0.272. The largest absolute Gasteiger partial charge is 0.392 e. The first-order chi connectivity index (χ1) is 20.1. The van der Waals surface area contributed by atoms with E-state index in [1.807, 2.05) is 60.8 Å². The van der Waals surface area contributed by atoms with Crippen LogP contribution in [0.15, 0.2) is 79.0 Å². The Bertz CT molecular complexity index is 1530. The zero-order chi connectivity index (χ0) is 27.9. The van der Waals surface area contributed by atoms with Crippen LogP contribution in [0, 0.1) is 0 Å². The van der Waals surface area contributed by atoms with Gasteiger partial charge in [0.1, 0.15) is 0 Å². The fourth-order valence-corrected chi connectivity index (χ4v) is 7.09. The van der Waals surface area contributed by atoms with Gasteiger partial charge in [0.25, 0.3) is 0 Å². The first-order valence-electron chi connectivity index (χ1n) is 15.0. The molecule has 4 nitrogen and oxygen atoms in total. The van der Waals surface area contributed by atoms with Gasteiger partial charge < -0.3 is 5.11 Å². The van der Waals surface area contributed by atoms with Crippen LogP contribution in [-0.2, 0) is 6.42 Å². The fourth-order valence-electron chi connectivity index (χ4n) is 7.09. The number of halogens is 2. The number of hydrogen-bond acceptors (Lipinski definition) is 4. The van der Waals surface area contributed by atoms with Crippen molar-refractivity contribution in [1.82, 2.24) is 14.8 Å². The van der Waals surface area contributed by atoms with Gasteiger partial charge in [-0.2, -0.15) is 0 Å². The summed E-state index contributed by atoms with van der Waals surface area (Å²) in [6.45, 7) is 3.80. The highest BCUT2D eigenvalue weighted by Crippen LogP contribution is 2.53. The molecule has 0 bridgehead atoms. The number of hydrogen-bond donors (Lipinski definition) is 1. The van der Waals surface area contributed by atoms with Crippen molar-refractivity contribution < 1.29 is 13.9 Å². The van der Waals surface area contributed by atoms with Crippen molar-refractivity contribution in [1.29, 1.82) is 0 Å². The molecule has 1 aromatic heterocycles. The molecule has 1 aliphatic heterocycles. The number of aliphatic hydroxyl groups excluding tert-OH is 1. The summed E-state index contributed by atoms with van der Waals surface area (Å²) >= 11 is 0. The molecule has 1 N–H and O–H groups in total. The number of nitrogens with zero attached hydrogens (tertiary/aromatic N) is 3. The molecule has 0 amide bonds. The lowest BCUT2D eigenvalue weighted by molar-refractivity contribution is 0.0592. The van der Waals surface area contributed by atoms with Crippen molar-refractivity contribution in [3.63, 3.8) is 0 Å². The topological polar surface area (TPSA) is 39.6 Å². The molecule has 1 saturated carbocycles. The third-order valence-electron chi connectivity index (χ3n) is 9.33. The van der Waals surface area contributed by atoms with Crippen LogP contribution in [-0.4, -0.2) is 58.7 Å². The van der Waals surface area contributed by atoms with Gasteiger partial charge in [-0.1, -0.05) is 60.7 Å². The van der Waals surface area contributed by atoms with Crippen molar-refractivity contribution in [2.45, 2.75) is 56.1 Å². The average molecular weight is 554 g/mol.